The Hall–Kier alpha value is -0.553. The van der Waals surface area contributed by atoms with E-state index in [0.29, 0.717) is 12.8 Å². The molecule has 0 radical (unpaired) electrons. The second-order valence-corrected chi connectivity index (χ2v) is 13.0. The number of rotatable bonds is 30. The maximum atomic E-state index is 12.2. The van der Waals surface area contributed by atoms with E-state index in [9.17, 15) is 22.6 Å². The maximum Gasteiger partial charge on any atom is 1.00 e. The molecule has 240 valence electrons. The summed E-state index contributed by atoms with van der Waals surface area (Å²) in [6.45, 7) is 4.72. The molecular formula is C32H63LiO7S. The molecule has 41 heavy (non-hydrogen) atoms. The first-order chi connectivity index (χ1) is 19.3. The number of hydrogen-bond donors (Lipinski definition) is 1. The van der Waals surface area contributed by atoms with Crippen molar-refractivity contribution in [2.24, 2.45) is 0 Å². The third-order valence-corrected chi connectivity index (χ3v) is 8.56. The Kier molecular flexibility index (Phi) is 32.1. The van der Waals surface area contributed by atoms with Gasteiger partial charge in [0, 0.05) is 0 Å². The molecule has 0 rings (SSSR count). The van der Waals surface area contributed by atoms with E-state index < -0.39 is 33.7 Å². The quantitative estimate of drug-likeness (QED) is 0.0452. The Labute approximate surface area is 266 Å². The van der Waals surface area contributed by atoms with Crippen LogP contribution in [-0.4, -0.2) is 43.4 Å². The van der Waals surface area contributed by atoms with E-state index in [1.165, 1.54) is 109 Å². The summed E-state index contributed by atoms with van der Waals surface area (Å²) in [6.07, 6.45) is 27.6. The van der Waals surface area contributed by atoms with Gasteiger partial charge in [0.05, 0.1) is 19.6 Å². The van der Waals surface area contributed by atoms with Crippen LogP contribution in [0.25, 0.3) is 0 Å². The van der Waals surface area contributed by atoms with Crippen molar-refractivity contribution in [3.05, 3.63) is 0 Å². The molecule has 0 amide bonds. The normalized spacial score (nSPS) is 12.1. The molecule has 0 bridgehead atoms. The molecular weight excluding hydrogens is 535 g/mol. The minimum absolute atomic E-state index is 0. The van der Waals surface area contributed by atoms with E-state index >= 15 is 0 Å². The Morgan fingerprint density at radius 3 is 1.17 bits per heavy atom. The molecule has 1 unspecified atom stereocenters. The summed E-state index contributed by atoms with van der Waals surface area (Å²) in [5.74, 6) is -1.90. The third kappa shape index (κ3) is 29.3. The summed E-state index contributed by atoms with van der Waals surface area (Å²) in [6, 6.07) is 0. The molecule has 0 aliphatic rings. The smallest absolute Gasteiger partial charge is 1.00 e. The first kappa shape index (κ1) is 42.6. The molecule has 0 saturated carbocycles. The average molecular weight is 599 g/mol. The zero-order chi connectivity index (χ0) is 29.7. The van der Waals surface area contributed by atoms with Gasteiger partial charge in [-0.3, -0.25) is 14.1 Å². The molecule has 9 heteroatoms. The van der Waals surface area contributed by atoms with Crippen LogP contribution in [0.3, 0.4) is 0 Å². The fourth-order valence-electron chi connectivity index (χ4n) is 4.86. The van der Waals surface area contributed by atoms with Gasteiger partial charge >= 0.3 is 30.8 Å². The van der Waals surface area contributed by atoms with Gasteiger partial charge in [-0.25, -0.2) is 0 Å². The minimum atomic E-state index is -4.76. The Balaban J connectivity index is -0.00000760. The van der Waals surface area contributed by atoms with Crippen molar-refractivity contribution in [2.75, 3.05) is 13.2 Å². The summed E-state index contributed by atoms with van der Waals surface area (Å²) >= 11 is 0. The van der Waals surface area contributed by atoms with Crippen LogP contribution in [0.4, 0.5) is 0 Å². The van der Waals surface area contributed by atoms with Gasteiger partial charge in [-0.1, -0.05) is 155 Å². The van der Waals surface area contributed by atoms with Crippen molar-refractivity contribution in [3.63, 3.8) is 0 Å². The van der Waals surface area contributed by atoms with Gasteiger partial charge in [0.15, 0.2) is 5.25 Å². The fraction of sp³-hybridized carbons (Fsp3) is 0.938. The summed E-state index contributed by atoms with van der Waals surface area (Å²) in [7, 11) is -4.76. The van der Waals surface area contributed by atoms with Gasteiger partial charge in [-0.2, -0.15) is 8.42 Å². The van der Waals surface area contributed by atoms with Crippen molar-refractivity contribution in [3.8, 4) is 0 Å². The molecule has 7 nitrogen and oxygen atoms in total. The summed E-state index contributed by atoms with van der Waals surface area (Å²) < 4.78 is 43.0. The predicted molar refractivity (Wildman–Crippen MR) is 165 cm³/mol. The number of unbranched alkanes of at least 4 members (excludes halogenated alkanes) is 22. The topological polar surface area (TPSA) is 107 Å². The van der Waals surface area contributed by atoms with Crippen LogP contribution < -0.4 is 18.9 Å². The number of carbonyl (C=O) groups excluding carboxylic acids is 2. The van der Waals surface area contributed by atoms with E-state index in [-0.39, 0.29) is 33.5 Å². The Morgan fingerprint density at radius 1 is 0.561 bits per heavy atom. The molecule has 0 saturated heterocycles. The van der Waals surface area contributed by atoms with Gasteiger partial charge in [-0.05, 0) is 12.8 Å². The van der Waals surface area contributed by atoms with Crippen LogP contribution in [0.1, 0.15) is 176 Å². The Bertz CT molecular complexity index is 707. The molecule has 0 spiro atoms. The Morgan fingerprint density at radius 2 is 0.854 bits per heavy atom. The molecule has 0 heterocycles. The predicted octanol–water partition coefficient (Wildman–Crippen LogP) is 6.24. The molecule has 0 aliphatic heterocycles. The van der Waals surface area contributed by atoms with Gasteiger partial charge in [-0.15, -0.1) is 0 Å². The zero-order valence-corrected chi connectivity index (χ0v) is 27.8. The first-order valence-corrected chi connectivity index (χ1v) is 18.1. The number of esters is 2. The zero-order valence-electron chi connectivity index (χ0n) is 28.0. The second kappa shape index (κ2) is 30.9. The van der Waals surface area contributed by atoms with Crippen molar-refractivity contribution < 1.29 is 52.3 Å². The van der Waals surface area contributed by atoms with Gasteiger partial charge in [0.25, 0.3) is 10.1 Å². The van der Waals surface area contributed by atoms with E-state index in [1.54, 1.807) is 0 Å². The van der Waals surface area contributed by atoms with Crippen LogP contribution in [0.2, 0.25) is 0 Å². The SMILES string of the molecule is CCCCCCCCCCCCCCOC(=O)CC(C(=O)OCCCCCCCCCCCCCC)S(=O)(=O)O.[H-].[Li+]. The van der Waals surface area contributed by atoms with Crippen molar-refractivity contribution in [1.82, 2.24) is 0 Å². The van der Waals surface area contributed by atoms with E-state index in [0.717, 1.165) is 32.1 Å². The second-order valence-electron chi connectivity index (χ2n) is 11.4. The van der Waals surface area contributed by atoms with Crippen molar-refractivity contribution in [2.45, 2.75) is 180 Å². The molecule has 1 N–H and O–H groups in total. The van der Waals surface area contributed by atoms with Crippen LogP contribution in [0.5, 0.6) is 0 Å². The standard InChI is InChI=1S/C32H62O7S.Li.H/c1-3-5-7-9-11-13-15-17-19-21-23-25-27-38-31(33)29-30(40(35,36)37)32(34)39-28-26-24-22-20-18-16-14-12-10-8-6-4-2;;/h30H,3-29H2,1-2H3,(H,35,36,37);;/q;+1;-1. The van der Waals surface area contributed by atoms with Crippen LogP contribution in [-0.2, 0) is 29.2 Å². The van der Waals surface area contributed by atoms with Crippen LogP contribution in [0.15, 0.2) is 0 Å². The van der Waals surface area contributed by atoms with Gasteiger partial charge in [0.2, 0.25) is 0 Å². The summed E-state index contributed by atoms with van der Waals surface area (Å²) in [5.41, 5.74) is 0. The van der Waals surface area contributed by atoms with Gasteiger partial charge < -0.3 is 10.9 Å². The average Bonchev–Trinajstić information content (AvgIpc) is 2.91. The molecule has 0 aliphatic carbocycles. The van der Waals surface area contributed by atoms with E-state index in [2.05, 4.69) is 13.8 Å². The first-order valence-electron chi connectivity index (χ1n) is 16.6. The molecule has 0 aromatic rings. The monoisotopic (exact) mass is 598 g/mol. The molecule has 0 fully saturated rings. The molecule has 1 atom stereocenters. The number of hydrogen-bond acceptors (Lipinski definition) is 6. The summed E-state index contributed by atoms with van der Waals surface area (Å²) in [4.78, 5) is 24.3. The largest absolute Gasteiger partial charge is 1.00 e. The van der Waals surface area contributed by atoms with E-state index in [1.807, 2.05) is 0 Å². The molecule has 0 aromatic heterocycles. The number of carbonyl (C=O) groups is 2. The van der Waals surface area contributed by atoms with Crippen LogP contribution in [0, 0.1) is 0 Å². The minimum Gasteiger partial charge on any atom is -1.00 e. The maximum absolute atomic E-state index is 12.2. The van der Waals surface area contributed by atoms with Crippen molar-refractivity contribution >= 4 is 22.1 Å². The number of ether oxygens (including phenoxy) is 2. The third-order valence-electron chi connectivity index (χ3n) is 7.48. The van der Waals surface area contributed by atoms with E-state index in [4.69, 9.17) is 9.47 Å². The summed E-state index contributed by atoms with van der Waals surface area (Å²) in [5, 5.41) is -1.93. The van der Waals surface area contributed by atoms with Crippen molar-refractivity contribution in [1.29, 1.82) is 0 Å². The molecule has 0 aromatic carbocycles. The fourth-order valence-corrected chi connectivity index (χ4v) is 5.52. The van der Waals surface area contributed by atoms with Crippen LogP contribution >= 0.6 is 0 Å². The van der Waals surface area contributed by atoms with Gasteiger partial charge in [0.1, 0.15) is 0 Å².